The van der Waals surface area contributed by atoms with Crippen LogP contribution in [0.15, 0.2) is 30.3 Å². The zero-order valence-corrected chi connectivity index (χ0v) is 12.7. The van der Waals surface area contributed by atoms with Crippen molar-refractivity contribution in [2.75, 3.05) is 17.7 Å². The van der Waals surface area contributed by atoms with Crippen LogP contribution in [-0.2, 0) is 0 Å². The Morgan fingerprint density at radius 2 is 1.76 bits per heavy atom. The lowest BCUT2D eigenvalue weighted by Crippen LogP contribution is -2.28. The van der Waals surface area contributed by atoms with Gasteiger partial charge in [-0.25, -0.2) is 4.39 Å². The molecule has 2 rings (SSSR count). The van der Waals surface area contributed by atoms with Crippen LogP contribution < -0.4 is 10.6 Å². The number of rotatable bonds is 2. The summed E-state index contributed by atoms with van der Waals surface area (Å²) in [4.78, 5) is 14.0. The Balaban J connectivity index is 2.44. The van der Waals surface area contributed by atoms with Crippen LogP contribution in [0, 0.1) is 26.6 Å². The van der Waals surface area contributed by atoms with Crippen LogP contribution in [0.5, 0.6) is 0 Å². The first-order valence-corrected chi connectivity index (χ1v) is 6.72. The third kappa shape index (κ3) is 2.89. The highest BCUT2D eigenvalue weighted by Crippen LogP contribution is 2.24. The van der Waals surface area contributed by atoms with E-state index in [-0.39, 0.29) is 5.56 Å². The average Bonchev–Trinajstić information content (AvgIpc) is 2.41. The third-order valence-electron chi connectivity index (χ3n) is 3.53. The van der Waals surface area contributed by atoms with Gasteiger partial charge in [0.05, 0.1) is 5.56 Å². The number of nitrogens with two attached hydrogens (primary N) is 1. The summed E-state index contributed by atoms with van der Waals surface area (Å²) in [7, 11) is 1.64. The molecule has 0 aliphatic carbocycles. The van der Waals surface area contributed by atoms with Crippen LogP contribution in [-0.4, -0.2) is 13.0 Å². The Bertz CT molecular complexity index is 710. The summed E-state index contributed by atoms with van der Waals surface area (Å²) in [6.45, 7) is 5.51. The molecule has 4 heteroatoms. The van der Waals surface area contributed by atoms with Crippen molar-refractivity contribution in [2.24, 2.45) is 0 Å². The molecule has 0 aliphatic heterocycles. The van der Waals surface area contributed by atoms with Gasteiger partial charge in [0.15, 0.2) is 0 Å². The molecular formula is C17H19FN2O. The van der Waals surface area contributed by atoms with E-state index in [2.05, 4.69) is 0 Å². The Labute approximate surface area is 124 Å². The van der Waals surface area contributed by atoms with E-state index in [0.717, 1.165) is 16.8 Å². The summed E-state index contributed by atoms with van der Waals surface area (Å²) in [5.74, 6) is -0.930. The van der Waals surface area contributed by atoms with Crippen LogP contribution in [0.4, 0.5) is 15.8 Å². The van der Waals surface area contributed by atoms with E-state index >= 15 is 0 Å². The SMILES string of the molecule is Cc1ccc(N(C)C(=O)c2cc(N)cc(C)c2F)c(C)c1. The van der Waals surface area contributed by atoms with Gasteiger partial charge in [-0.2, -0.15) is 0 Å². The molecule has 0 atom stereocenters. The molecule has 0 aromatic heterocycles. The van der Waals surface area contributed by atoms with Crippen molar-refractivity contribution in [3.8, 4) is 0 Å². The minimum absolute atomic E-state index is 0.00465. The molecule has 0 fully saturated rings. The van der Waals surface area contributed by atoms with Gasteiger partial charge in [-0.1, -0.05) is 17.7 Å². The van der Waals surface area contributed by atoms with E-state index in [0.29, 0.717) is 11.3 Å². The number of benzene rings is 2. The largest absolute Gasteiger partial charge is 0.399 e. The second kappa shape index (κ2) is 5.56. The van der Waals surface area contributed by atoms with Crippen molar-refractivity contribution in [3.05, 3.63) is 58.4 Å². The maximum Gasteiger partial charge on any atom is 0.261 e. The molecule has 0 heterocycles. The van der Waals surface area contributed by atoms with Crippen molar-refractivity contribution in [3.63, 3.8) is 0 Å². The molecule has 21 heavy (non-hydrogen) atoms. The highest BCUT2D eigenvalue weighted by molar-refractivity contribution is 6.06. The first kappa shape index (κ1) is 15.0. The summed E-state index contributed by atoms with van der Waals surface area (Å²) in [5.41, 5.74) is 9.29. The predicted octanol–water partition coefficient (Wildman–Crippen LogP) is 3.61. The van der Waals surface area contributed by atoms with Crippen LogP contribution in [0.25, 0.3) is 0 Å². The molecule has 1 amide bonds. The minimum Gasteiger partial charge on any atom is -0.399 e. The summed E-state index contributed by atoms with van der Waals surface area (Å²) in [6, 6.07) is 8.67. The molecule has 2 N–H and O–H groups in total. The van der Waals surface area contributed by atoms with Crippen LogP contribution in [0.2, 0.25) is 0 Å². The van der Waals surface area contributed by atoms with Gasteiger partial charge in [-0.05, 0) is 50.1 Å². The lowest BCUT2D eigenvalue weighted by molar-refractivity contribution is 0.0989. The number of aryl methyl sites for hydroxylation is 3. The number of carbonyl (C=O) groups excluding carboxylic acids is 1. The predicted molar refractivity (Wildman–Crippen MR) is 84.2 cm³/mol. The van der Waals surface area contributed by atoms with Gasteiger partial charge in [0.25, 0.3) is 5.91 Å². The zero-order valence-electron chi connectivity index (χ0n) is 12.7. The monoisotopic (exact) mass is 286 g/mol. The quantitative estimate of drug-likeness (QED) is 0.857. The van der Waals surface area contributed by atoms with Gasteiger partial charge in [0.1, 0.15) is 5.82 Å². The fourth-order valence-corrected chi connectivity index (χ4v) is 2.42. The zero-order chi connectivity index (χ0) is 15.7. The number of carbonyl (C=O) groups is 1. The minimum atomic E-state index is -0.522. The number of halogens is 1. The maximum atomic E-state index is 14.2. The fourth-order valence-electron chi connectivity index (χ4n) is 2.42. The van der Waals surface area contributed by atoms with Gasteiger partial charge in [-0.3, -0.25) is 4.79 Å². The van der Waals surface area contributed by atoms with E-state index in [1.165, 1.54) is 17.0 Å². The van der Waals surface area contributed by atoms with E-state index in [9.17, 15) is 9.18 Å². The number of hydrogen-bond donors (Lipinski definition) is 1. The molecule has 0 saturated carbocycles. The second-order valence-corrected chi connectivity index (χ2v) is 5.35. The lowest BCUT2D eigenvalue weighted by Gasteiger charge is -2.21. The molecule has 0 radical (unpaired) electrons. The summed E-state index contributed by atoms with van der Waals surface area (Å²) in [5, 5.41) is 0. The Morgan fingerprint density at radius 3 is 2.38 bits per heavy atom. The van der Waals surface area contributed by atoms with Gasteiger partial charge in [0.2, 0.25) is 0 Å². The Morgan fingerprint density at radius 1 is 1.10 bits per heavy atom. The summed E-state index contributed by atoms with van der Waals surface area (Å²) >= 11 is 0. The molecule has 2 aromatic rings. The van der Waals surface area contributed by atoms with Crippen molar-refractivity contribution >= 4 is 17.3 Å². The second-order valence-electron chi connectivity index (χ2n) is 5.35. The Kier molecular flexibility index (Phi) is 3.98. The number of nitrogens with zero attached hydrogens (tertiary/aromatic N) is 1. The topological polar surface area (TPSA) is 46.3 Å². The van der Waals surface area contributed by atoms with Crippen LogP contribution in [0.3, 0.4) is 0 Å². The van der Waals surface area contributed by atoms with Gasteiger partial charge >= 0.3 is 0 Å². The molecule has 2 aromatic carbocycles. The molecule has 0 bridgehead atoms. The first-order chi connectivity index (χ1) is 9.81. The number of amides is 1. The lowest BCUT2D eigenvalue weighted by atomic mass is 10.1. The number of hydrogen-bond acceptors (Lipinski definition) is 2. The first-order valence-electron chi connectivity index (χ1n) is 6.72. The van der Waals surface area contributed by atoms with Crippen molar-refractivity contribution in [2.45, 2.75) is 20.8 Å². The van der Waals surface area contributed by atoms with Crippen LogP contribution in [0.1, 0.15) is 27.0 Å². The van der Waals surface area contributed by atoms with Gasteiger partial charge < -0.3 is 10.6 Å². The normalized spacial score (nSPS) is 10.5. The summed E-state index contributed by atoms with van der Waals surface area (Å²) < 4.78 is 14.2. The maximum absolute atomic E-state index is 14.2. The molecular weight excluding hydrogens is 267 g/mol. The smallest absolute Gasteiger partial charge is 0.261 e. The Hall–Kier alpha value is -2.36. The molecule has 0 unspecified atom stereocenters. The molecule has 110 valence electrons. The molecule has 0 spiro atoms. The van der Waals surface area contributed by atoms with E-state index < -0.39 is 11.7 Å². The van der Waals surface area contributed by atoms with Crippen LogP contribution >= 0.6 is 0 Å². The highest BCUT2D eigenvalue weighted by atomic mass is 19.1. The highest BCUT2D eigenvalue weighted by Gasteiger charge is 2.20. The fraction of sp³-hybridized carbons (Fsp3) is 0.235. The molecule has 0 saturated heterocycles. The number of anilines is 2. The van der Waals surface area contributed by atoms with Crippen molar-refractivity contribution in [1.82, 2.24) is 0 Å². The number of nitrogen functional groups attached to an aromatic ring is 1. The van der Waals surface area contributed by atoms with Crippen molar-refractivity contribution < 1.29 is 9.18 Å². The third-order valence-corrected chi connectivity index (χ3v) is 3.53. The van der Waals surface area contributed by atoms with Gasteiger partial charge in [0, 0.05) is 18.4 Å². The van der Waals surface area contributed by atoms with E-state index in [4.69, 9.17) is 5.73 Å². The average molecular weight is 286 g/mol. The molecule has 0 aliphatic rings. The van der Waals surface area contributed by atoms with Gasteiger partial charge in [-0.15, -0.1) is 0 Å². The van der Waals surface area contributed by atoms with E-state index in [1.807, 2.05) is 32.0 Å². The summed E-state index contributed by atoms with van der Waals surface area (Å²) in [6.07, 6.45) is 0. The molecule has 3 nitrogen and oxygen atoms in total. The van der Waals surface area contributed by atoms with E-state index in [1.54, 1.807) is 14.0 Å². The standard InChI is InChI=1S/C17H19FN2O/c1-10-5-6-15(11(2)7-10)20(4)17(21)14-9-13(19)8-12(3)16(14)18/h5-9H,19H2,1-4H3. The van der Waals surface area contributed by atoms with Crippen molar-refractivity contribution in [1.29, 1.82) is 0 Å².